The largest absolute Gasteiger partial charge is 0.495 e. The Balaban J connectivity index is 1.73. The van der Waals surface area contributed by atoms with Crippen LogP contribution in [0.15, 0.2) is 36.9 Å². The standard InChI is InChI=1S/C17H12ClF3N6OS/c1-28-12-3-2-9(4-11(12)18)6-23-14-10-5-13(17(19,20)21)29-15(10)26-16(25-14)27-8-22-7-24-27/h2-5,7-8H,6H2,1H3,(H,23,25,26). The van der Waals surface area contributed by atoms with Gasteiger partial charge in [-0.2, -0.15) is 32.9 Å². The van der Waals surface area contributed by atoms with Gasteiger partial charge in [0.1, 0.15) is 33.9 Å². The summed E-state index contributed by atoms with van der Waals surface area (Å²) < 4.78 is 46.0. The number of hydrogen-bond acceptors (Lipinski definition) is 7. The van der Waals surface area contributed by atoms with Gasteiger partial charge < -0.3 is 10.1 Å². The highest BCUT2D eigenvalue weighted by Gasteiger charge is 2.33. The van der Waals surface area contributed by atoms with E-state index in [2.05, 4.69) is 25.4 Å². The van der Waals surface area contributed by atoms with Gasteiger partial charge in [-0.15, -0.1) is 11.3 Å². The van der Waals surface area contributed by atoms with Gasteiger partial charge in [-0.3, -0.25) is 0 Å². The van der Waals surface area contributed by atoms with Gasteiger partial charge in [-0.25, -0.2) is 4.98 Å². The predicted octanol–water partition coefficient (Wildman–Crippen LogP) is 4.56. The lowest BCUT2D eigenvalue weighted by Gasteiger charge is -2.10. The van der Waals surface area contributed by atoms with Crippen LogP contribution in [0.2, 0.25) is 5.02 Å². The number of fused-ring (bicyclic) bond motifs is 1. The van der Waals surface area contributed by atoms with E-state index in [1.165, 1.54) is 24.4 Å². The fourth-order valence-electron chi connectivity index (χ4n) is 2.60. The molecule has 0 saturated heterocycles. The molecule has 0 fully saturated rings. The van der Waals surface area contributed by atoms with E-state index in [4.69, 9.17) is 16.3 Å². The molecule has 4 aromatic rings. The molecule has 0 aliphatic carbocycles. The lowest BCUT2D eigenvalue weighted by atomic mass is 10.2. The van der Waals surface area contributed by atoms with Crippen molar-refractivity contribution in [1.29, 1.82) is 0 Å². The van der Waals surface area contributed by atoms with E-state index in [-0.39, 0.29) is 28.5 Å². The molecule has 3 heterocycles. The van der Waals surface area contributed by atoms with E-state index < -0.39 is 11.1 Å². The number of benzene rings is 1. The molecular formula is C17H12ClF3N6OS. The number of hydrogen-bond donors (Lipinski definition) is 1. The van der Waals surface area contributed by atoms with E-state index in [9.17, 15) is 13.2 Å². The Morgan fingerprint density at radius 1 is 1.24 bits per heavy atom. The number of nitrogens with zero attached hydrogens (tertiary/aromatic N) is 5. The van der Waals surface area contributed by atoms with Gasteiger partial charge in [0.2, 0.25) is 0 Å². The van der Waals surface area contributed by atoms with Crippen molar-refractivity contribution < 1.29 is 17.9 Å². The molecule has 3 aromatic heterocycles. The van der Waals surface area contributed by atoms with E-state index in [0.29, 0.717) is 22.1 Å². The summed E-state index contributed by atoms with van der Waals surface area (Å²) in [6.45, 7) is 0.282. The number of alkyl halides is 3. The zero-order chi connectivity index (χ0) is 20.6. The van der Waals surface area contributed by atoms with E-state index >= 15 is 0 Å². The molecule has 0 saturated carbocycles. The minimum Gasteiger partial charge on any atom is -0.495 e. The highest BCUT2D eigenvalue weighted by atomic mass is 35.5. The van der Waals surface area contributed by atoms with E-state index in [0.717, 1.165) is 11.6 Å². The number of nitrogens with one attached hydrogen (secondary N) is 1. The monoisotopic (exact) mass is 440 g/mol. The molecule has 7 nitrogen and oxygen atoms in total. The van der Waals surface area contributed by atoms with Crippen LogP contribution in [0.1, 0.15) is 10.4 Å². The normalized spacial score (nSPS) is 11.8. The van der Waals surface area contributed by atoms with Crippen molar-refractivity contribution >= 4 is 39.0 Å². The Hall–Kier alpha value is -2.92. The second-order valence-corrected chi connectivity index (χ2v) is 7.30. The second kappa shape index (κ2) is 7.48. The second-order valence-electron chi connectivity index (χ2n) is 5.86. The van der Waals surface area contributed by atoms with Crippen LogP contribution < -0.4 is 10.1 Å². The van der Waals surface area contributed by atoms with Gasteiger partial charge in [0.15, 0.2) is 0 Å². The Kier molecular flexibility index (Phi) is 5.01. The molecule has 0 bridgehead atoms. The molecule has 0 radical (unpaired) electrons. The summed E-state index contributed by atoms with van der Waals surface area (Å²) in [5, 5.41) is 7.70. The maximum absolute atomic E-state index is 13.2. The van der Waals surface area contributed by atoms with Gasteiger partial charge >= 0.3 is 6.18 Å². The first kappa shape index (κ1) is 19.4. The summed E-state index contributed by atoms with van der Waals surface area (Å²) >= 11 is 6.68. The lowest BCUT2D eigenvalue weighted by Crippen LogP contribution is -2.07. The maximum Gasteiger partial charge on any atom is 0.425 e. The number of thiophene rings is 1. The molecule has 29 heavy (non-hydrogen) atoms. The lowest BCUT2D eigenvalue weighted by molar-refractivity contribution is -0.134. The molecule has 150 valence electrons. The van der Waals surface area contributed by atoms with Crippen molar-refractivity contribution in [2.75, 3.05) is 12.4 Å². The fourth-order valence-corrected chi connectivity index (χ4v) is 3.78. The summed E-state index contributed by atoms with van der Waals surface area (Å²) in [5.41, 5.74) is 0.802. The Bertz CT molecular complexity index is 1160. The number of methoxy groups -OCH3 is 1. The first-order valence-corrected chi connectivity index (χ1v) is 9.34. The van der Waals surface area contributed by atoms with Crippen LogP contribution in [-0.2, 0) is 12.7 Å². The average Bonchev–Trinajstić information content (AvgIpc) is 3.35. The number of anilines is 1. The Morgan fingerprint density at radius 3 is 2.72 bits per heavy atom. The first-order chi connectivity index (χ1) is 13.8. The SMILES string of the molecule is COc1ccc(CNc2nc(-n3cncn3)nc3sc(C(F)(F)F)cc23)cc1Cl. The average molecular weight is 441 g/mol. The maximum atomic E-state index is 13.2. The number of aromatic nitrogens is 5. The van der Waals surface area contributed by atoms with E-state index in [1.807, 2.05) is 0 Å². The molecule has 0 atom stereocenters. The quantitative estimate of drug-likeness (QED) is 0.490. The van der Waals surface area contributed by atoms with Crippen LogP contribution in [-0.4, -0.2) is 31.8 Å². The number of rotatable bonds is 5. The number of halogens is 4. The van der Waals surface area contributed by atoms with Gasteiger partial charge in [-0.05, 0) is 23.8 Å². The minimum atomic E-state index is -4.47. The Labute approximate surface area is 171 Å². The summed E-state index contributed by atoms with van der Waals surface area (Å²) in [6, 6.07) is 6.25. The van der Waals surface area contributed by atoms with E-state index in [1.54, 1.807) is 18.2 Å². The molecule has 0 aliphatic rings. The van der Waals surface area contributed by atoms with Gasteiger partial charge in [0.05, 0.1) is 17.5 Å². The topological polar surface area (TPSA) is 77.8 Å². The van der Waals surface area contributed by atoms with Crippen molar-refractivity contribution in [3.63, 3.8) is 0 Å². The molecule has 12 heteroatoms. The molecule has 1 N–H and O–H groups in total. The highest BCUT2D eigenvalue weighted by Crippen LogP contribution is 2.39. The van der Waals surface area contributed by atoms with Gasteiger partial charge in [0, 0.05) is 6.54 Å². The van der Waals surface area contributed by atoms with Gasteiger partial charge in [0.25, 0.3) is 5.95 Å². The van der Waals surface area contributed by atoms with Crippen LogP contribution in [0.4, 0.5) is 19.0 Å². The van der Waals surface area contributed by atoms with Crippen LogP contribution in [0.5, 0.6) is 5.75 Å². The zero-order valence-electron chi connectivity index (χ0n) is 14.7. The van der Waals surface area contributed by atoms with Crippen LogP contribution in [0, 0.1) is 0 Å². The van der Waals surface area contributed by atoms with Gasteiger partial charge in [-0.1, -0.05) is 17.7 Å². The molecule has 0 aliphatic heterocycles. The fraction of sp³-hybridized carbons (Fsp3) is 0.176. The van der Waals surface area contributed by atoms with Crippen molar-refractivity contribution in [1.82, 2.24) is 24.7 Å². The molecule has 0 amide bonds. The van der Waals surface area contributed by atoms with Crippen LogP contribution in [0.25, 0.3) is 16.2 Å². The Morgan fingerprint density at radius 2 is 2.07 bits per heavy atom. The van der Waals surface area contributed by atoms with Crippen LogP contribution in [0.3, 0.4) is 0 Å². The molecule has 0 spiro atoms. The molecule has 0 unspecified atom stereocenters. The summed E-state index contributed by atoms with van der Waals surface area (Å²) in [7, 11) is 1.51. The first-order valence-electron chi connectivity index (χ1n) is 8.15. The summed E-state index contributed by atoms with van der Waals surface area (Å²) in [6.07, 6.45) is -1.82. The number of ether oxygens (including phenoxy) is 1. The molecule has 4 rings (SSSR count). The predicted molar refractivity (Wildman–Crippen MR) is 103 cm³/mol. The zero-order valence-corrected chi connectivity index (χ0v) is 16.3. The third kappa shape index (κ3) is 3.96. The summed E-state index contributed by atoms with van der Waals surface area (Å²) in [4.78, 5) is 11.8. The third-order valence-corrected chi connectivity index (χ3v) is 5.33. The highest BCUT2D eigenvalue weighted by molar-refractivity contribution is 7.18. The van der Waals surface area contributed by atoms with Crippen molar-refractivity contribution in [3.8, 4) is 11.7 Å². The van der Waals surface area contributed by atoms with Crippen LogP contribution >= 0.6 is 22.9 Å². The molecule has 1 aromatic carbocycles. The summed E-state index contributed by atoms with van der Waals surface area (Å²) in [5.74, 6) is 0.890. The third-order valence-electron chi connectivity index (χ3n) is 3.96. The smallest absolute Gasteiger partial charge is 0.425 e. The van der Waals surface area contributed by atoms with Crippen molar-refractivity contribution in [2.45, 2.75) is 12.7 Å². The van der Waals surface area contributed by atoms with Crippen molar-refractivity contribution in [2.24, 2.45) is 0 Å². The molecular weight excluding hydrogens is 429 g/mol. The van der Waals surface area contributed by atoms with Crippen molar-refractivity contribution in [3.05, 3.63) is 52.4 Å². The minimum absolute atomic E-state index is 0.112.